The van der Waals surface area contributed by atoms with E-state index in [1.54, 1.807) is 0 Å². The molecular weight excluding hydrogens is 322 g/mol. The van der Waals surface area contributed by atoms with Crippen LogP contribution in [-0.4, -0.2) is 36.5 Å². The average molecular weight is 330 g/mol. The van der Waals surface area contributed by atoms with Gasteiger partial charge < -0.3 is 9.64 Å². The minimum absolute atomic E-state index is 0.0998. The number of halogens is 6. The molecule has 11 heteroatoms. The summed E-state index contributed by atoms with van der Waals surface area (Å²) in [5, 5.41) is 10.6. The van der Waals surface area contributed by atoms with Crippen LogP contribution in [0.4, 0.5) is 37.7 Å². The average Bonchev–Trinajstić information content (AvgIpc) is 2.35. The van der Waals surface area contributed by atoms with Crippen LogP contribution in [0.2, 0.25) is 0 Å². The fourth-order valence-electron chi connectivity index (χ4n) is 2.06. The summed E-state index contributed by atoms with van der Waals surface area (Å²) in [6.45, 7) is -2.92. The first-order chi connectivity index (χ1) is 9.99. The van der Waals surface area contributed by atoms with Crippen molar-refractivity contribution in [1.29, 1.82) is 0 Å². The highest BCUT2D eigenvalue weighted by molar-refractivity contribution is 5.64. The molecule has 0 spiro atoms. The minimum Gasteiger partial charge on any atom is -0.489 e. The van der Waals surface area contributed by atoms with Crippen LogP contribution in [0.15, 0.2) is 18.2 Å². The van der Waals surface area contributed by atoms with Crippen molar-refractivity contribution in [2.75, 3.05) is 18.1 Å². The molecule has 1 atom stereocenters. The van der Waals surface area contributed by atoms with Crippen LogP contribution >= 0.6 is 0 Å². The van der Waals surface area contributed by atoms with Crippen LogP contribution in [0.5, 0.6) is 5.75 Å². The summed E-state index contributed by atoms with van der Waals surface area (Å²) in [6.07, 6.45) is -9.81. The molecule has 1 aliphatic rings. The lowest BCUT2D eigenvalue weighted by molar-refractivity contribution is -0.384. The SMILES string of the molecule is O=[N+]([O-])c1ccc2c(c1)OCC(C(F)(F)F)N2CC(F)(F)F. The fraction of sp³-hybridized carbons (Fsp3) is 0.455. The summed E-state index contributed by atoms with van der Waals surface area (Å²) < 4.78 is 81.0. The number of ether oxygens (including phenoxy) is 1. The van der Waals surface area contributed by atoms with E-state index in [1.165, 1.54) is 0 Å². The van der Waals surface area contributed by atoms with E-state index < -0.39 is 47.8 Å². The van der Waals surface area contributed by atoms with Crippen molar-refractivity contribution in [3.63, 3.8) is 0 Å². The topological polar surface area (TPSA) is 55.6 Å². The molecule has 0 radical (unpaired) electrons. The van der Waals surface area contributed by atoms with E-state index in [-0.39, 0.29) is 10.6 Å². The van der Waals surface area contributed by atoms with Gasteiger partial charge in [-0.25, -0.2) is 0 Å². The number of nitro groups is 1. The van der Waals surface area contributed by atoms with E-state index in [0.29, 0.717) is 0 Å². The lowest BCUT2D eigenvalue weighted by atomic mass is 10.1. The van der Waals surface area contributed by atoms with Crippen molar-refractivity contribution in [1.82, 2.24) is 0 Å². The van der Waals surface area contributed by atoms with Crippen molar-refractivity contribution in [2.24, 2.45) is 0 Å². The van der Waals surface area contributed by atoms with Crippen LogP contribution in [0.25, 0.3) is 0 Å². The van der Waals surface area contributed by atoms with Gasteiger partial charge in [-0.05, 0) is 6.07 Å². The van der Waals surface area contributed by atoms with Crippen LogP contribution < -0.4 is 9.64 Å². The third kappa shape index (κ3) is 3.34. The monoisotopic (exact) mass is 330 g/mol. The van der Waals surface area contributed by atoms with E-state index in [9.17, 15) is 36.5 Å². The second kappa shape index (κ2) is 5.21. The number of alkyl halides is 6. The molecule has 1 unspecified atom stereocenters. The maximum atomic E-state index is 12.9. The standard InChI is InChI=1S/C11H8F6N2O3/c12-10(13,14)5-18-7-2-1-6(19(20)21)3-8(7)22-4-9(18)11(15,16)17/h1-3,9H,4-5H2. The molecule has 1 heterocycles. The van der Waals surface area contributed by atoms with Gasteiger partial charge in [-0.2, -0.15) is 26.3 Å². The zero-order valence-corrected chi connectivity index (χ0v) is 10.6. The van der Waals surface area contributed by atoms with Crippen molar-refractivity contribution < 1.29 is 36.0 Å². The fourth-order valence-corrected chi connectivity index (χ4v) is 2.06. The Hall–Kier alpha value is -2.20. The molecule has 0 bridgehead atoms. The summed E-state index contributed by atoms with van der Waals surface area (Å²) in [4.78, 5) is 9.87. The molecule has 1 aromatic rings. The molecule has 0 aromatic heterocycles. The Morgan fingerprint density at radius 1 is 1.27 bits per heavy atom. The molecule has 2 rings (SSSR count). The lowest BCUT2D eigenvalue weighted by Crippen LogP contribution is -2.54. The molecule has 1 aliphatic heterocycles. The highest BCUT2D eigenvalue weighted by Gasteiger charge is 2.50. The number of hydrogen-bond acceptors (Lipinski definition) is 4. The third-order valence-electron chi connectivity index (χ3n) is 2.96. The number of anilines is 1. The molecule has 0 fully saturated rings. The Labute approximate surface area is 119 Å². The number of benzene rings is 1. The zero-order valence-electron chi connectivity index (χ0n) is 10.6. The van der Waals surface area contributed by atoms with Gasteiger partial charge in [0.25, 0.3) is 5.69 Å². The maximum Gasteiger partial charge on any atom is 0.412 e. The predicted octanol–water partition coefficient (Wildman–Crippen LogP) is 3.29. The van der Waals surface area contributed by atoms with E-state index in [1.807, 2.05) is 0 Å². The summed E-state index contributed by atoms with van der Waals surface area (Å²) >= 11 is 0. The highest BCUT2D eigenvalue weighted by atomic mass is 19.4. The molecule has 0 saturated carbocycles. The Balaban J connectivity index is 2.46. The first-order valence-electron chi connectivity index (χ1n) is 5.80. The molecule has 122 valence electrons. The highest BCUT2D eigenvalue weighted by Crippen LogP contribution is 2.41. The Morgan fingerprint density at radius 2 is 1.91 bits per heavy atom. The Kier molecular flexibility index (Phi) is 3.83. The lowest BCUT2D eigenvalue weighted by Gasteiger charge is -2.39. The van der Waals surface area contributed by atoms with E-state index in [2.05, 4.69) is 0 Å². The van der Waals surface area contributed by atoms with Gasteiger partial charge in [0.05, 0.1) is 16.7 Å². The normalized spacial score (nSPS) is 18.6. The van der Waals surface area contributed by atoms with Gasteiger partial charge in [0.15, 0.2) is 6.04 Å². The van der Waals surface area contributed by atoms with E-state index >= 15 is 0 Å². The summed E-state index contributed by atoms with van der Waals surface area (Å²) in [7, 11) is 0. The second-order valence-corrected chi connectivity index (χ2v) is 4.52. The predicted molar refractivity (Wildman–Crippen MR) is 61.8 cm³/mol. The van der Waals surface area contributed by atoms with Crippen molar-refractivity contribution in [3.8, 4) is 5.75 Å². The summed E-state index contributed by atoms with van der Waals surface area (Å²) in [6, 6.07) is -0.0460. The van der Waals surface area contributed by atoms with E-state index in [4.69, 9.17) is 4.74 Å². The van der Waals surface area contributed by atoms with Gasteiger partial charge >= 0.3 is 12.4 Å². The van der Waals surface area contributed by atoms with Gasteiger partial charge in [-0.15, -0.1) is 0 Å². The Bertz CT molecular complexity index is 586. The van der Waals surface area contributed by atoms with Crippen LogP contribution in [-0.2, 0) is 0 Å². The quantitative estimate of drug-likeness (QED) is 0.474. The second-order valence-electron chi connectivity index (χ2n) is 4.52. The smallest absolute Gasteiger partial charge is 0.412 e. The molecule has 5 nitrogen and oxygen atoms in total. The number of hydrogen-bond donors (Lipinski definition) is 0. The number of non-ortho nitro benzene ring substituents is 1. The van der Waals surface area contributed by atoms with Gasteiger partial charge in [0, 0.05) is 6.07 Å². The van der Waals surface area contributed by atoms with Gasteiger partial charge in [-0.1, -0.05) is 0 Å². The zero-order chi connectivity index (χ0) is 16.7. The molecule has 0 N–H and O–H groups in total. The molecule has 0 aliphatic carbocycles. The number of nitrogens with zero attached hydrogens (tertiary/aromatic N) is 2. The number of fused-ring (bicyclic) bond motifs is 1. The summed E-state index contributed by atoms with van der Waals surface area (Å²) in [5.41, 5.74) is -0.979. The minimum atomic E-state index is -4.94. The maximum absolute atomic E-state index is 12.9. The van der Waals surface area contributed by atoms with Gasteiger partial charge in [-0.3, -0.25) is 10.1 Å². The molecule has 1 aromatic carbocycles. The van der Waals surface area contributed by atoms with E-state index in [0.717, 1.165) is 18.2 Å². The van der Waals surface area contributed by atoms with Crippen molar-refractivity contribution in [3.05, 3.63) is 28.3 Å². The molecule has 0 amide bonds. The molecular formula is C11H8F6N2O3. The first-order valence-corrected chi connectivity index (χ1v) is 5.80. The van der Waals surface area contributed by atoms with Crippen LogP contribution in [0, 0.1) is 10.1 Å². The van der Waals surface area contributed by atoms with Crippen molar-refractivity contribution in [2.45, 2.75) is 18.4 Å². The van der Waals surface area contributed by atoms with Crippen molar-refractivity contribution >= 4 is 11.4 Å². The largest absolute Gasteiger partial charge is 0.489 e. The summed E-state index contributed by atoms with van der Waals surface area (Å²) in [5.74, 6) is -0.390. The van der Waals surface area contributed by atoms with Crippen LogP contribution in [0.3, 0.4) is 0 Å². The van der Waals surface area contributed by atoms with Gasteiger partial charge in [0.2, 0.25) is 0 Å². The van der Waals surface area contributed by atoms with Gasteiger partial charge in [0.1, 0.15) is 18.9 Å². The Morgan fingerprint density at radius 3 is 2.41 bits per heavy atom. The number of nitro benzene ring substituents is 1. The molecule has 22 heavy (non-hydrogen) atoms. The van der Waals surface area contributed by atoms with Crippen LogP contribution in [0.1, 0.15) is 0 Å². The third-order valence-corrected chi connectivity index (χ3v) is 2.96. The molecule has 0 saturated heterocycles. The number of rotatable bonds is 2. The first kappa shape index (κ1) is 16.2.